The summed E-state index contributed by atoms with van der Waals surface area (Å²) in [6, 6.07) is 10.5. The Morgan fingerprint density at radius 3 is 2.53 bits per heavy atom. The van der Waals surface area contributed by atoms with Crippen molar-refractivity contribution in [3.05, 3.63) is 52.6 Å². The molecule has 100 valence electrons. The number of nitrogens with two attached hydrogens (primary N) is 1. The van der Waals surface area contributed by atoms with Crippen molar-refractivity contribution in [3.63, 3.8) is 0 Å². The topological polar surface area (TPSA) is 82.3 Å². The fourth-order valence-corrected chi connectivity index (χ4v) is 2.24. The number of pyridine rings is 1. The molecular weight excluding hydrogens is 332 g/mol. The Labute approximate surface area is 119 Å². The van der Waals surface area contributed by atoms with Crippen LogP contribution in [0.1, 0.15) is 5.56 Å². The molecule has 19 heavy (non-hydrogen) atoms. The zero-order valence-electron chi connectivity index (χ0n) is 9.78. The molecule has 0 aliphatic heterocycles. The molecule has 1 heterocycles. The third-order valence-corrected chi connectivity index (χ3v) is 4.04. The lowest BCUT2D eigenvalue weighted by Crippen LogP contribution is -2.12. The predicted molar refractivity (Wildman–Crippen MR) is 74.1 cm³/mol. The summed E-state index contributed by atoms with van der Waals surface area (Å²) in [6.45, 7) is 0.336. The number of ether oxygens (including phenoxy) is 1. The molecule has 5 nitrogen and oxygen atoms in total. The lowest BCUT2D eigenvalue weighted by atomic mass is 10.2. The molecular formula is C12H11BrN2O3S. The van der Waals surface area contributed by atoms with Gasteiger partial charge in [-0.05, 0) is 12.1 Å². The van der Waals surface area contributed by atoms with E-state index < -0.39 is 10.0 Å². The number of halogens is 1. The highest BCUT2D eigenvalue weighted by Crippen LogP contribution is 2.18. The largest absolute Gasteiger partial charge is 0.473 e. The van der Waals surface area contributed by atoms with Crippen LogP contribution in [0.3, 0.4) is 0 Å². The van der Waals surface area contributed by atoms with Crippen molar-refractivity contribution in [1.29, 1.82) is 0 Å². The Hall–Kier alpha value is -1.44. The van der Waals surface area contributed by atoms with Crippen molar-refractivity contribution in [1.82, 2.24) is 4.98 Å². The second kappa shape index (κ2) is 5.68. The van der Waals surface area contributed by atoms with E-state index in [1.165, 1.54) is 18.3 Å². The first-order valence-corrected chi connectivity index (χ1v) is 7.66. The second-order valence-electron chi connectivity index (χ2n) is 3.76. The Morgan fingerprint density at radius 2 is 1.95 bits per heavy atom. The van der Waals surface area contributed by atoms with Gasteiger partial charge in [-0.2, -0.15) is 0 Å². The summed E-state index contributed by atoms with van der Waals surface area (Å²) in [4.78, 5) is 3.85. The lowest BCUT2D eigenvalue weighted by Gasteiger charge is -2.07. The van der Waals surface area contributed by atoms with Gasteiger partial charge in [0.1, 0.15) is 11.5 Å². The normalized spacial score (nSPS) is 11.3. The number of nitrogens with zero attached hydrogens (tertiary/aromatic N) is 1. The minimum atomic E-state index is -3.72. The first-order valence-electron chi connectivity index (χ1n) is 5.32. The molecule has 1 aromatic carbocycles. The van der Waals surface area contributed by atoms with Crippen LogP contribution in [-0.2, 0) is 16.6 Å². The molecule has 0 atom stereocenters. The number of sulfonamides is 1. The van der Waals surface area contributed by atoms with E-state index in [-0.39, 0.29) is 4.90 Å². The molecule has 7 heteroatoms. The Kier molecular flexibility index (Phi) is 4.18. The van der Waals surface area contributed by atoms with Crippen LogP contribution >= 0.6 is 15.9 Å². The average molecular weight is 343 g/mol. The molecule has 0 aliphatic carbocycles. The van der Waals surface area contributed by atoms with Crippen molar-refractivity contribution in [3.8, 4) is 5.88 Å². The SMILES string of the molecule is NS(=O)(=O)c1ccc(OCc2ccccc2Br)nc1. The summed E-state index contributed by atoms with van der Waals surface area (Å²) in [5.74, 6) is 0.336. The molecule has 0 aliphatic rings. The minimum absolute atomic E-state index is 0.0410. The maximum atomic E-state index is 11.1. The van der Waals surface area contributed by atoms with Gasteiger partial charge in [-0.1, -0.05) is 34.1 Å². The standard InChI is InChI=1S/C12H11BrN2O3S/c13-11-4-2-1-3-9(11)8-18-12-6-5-10(7-15-12)19(14,16)17/h1-7H,8H2,(H2,14,16,17). The molecule has 0 spiro atoms. The van der Waals surface area contributed by atoms with Gasteiger partial charge in [0.05, 0.1) is 6.20 Å². The van der Waals surface area contributed by atoms with Crippen LogP contribution in [0.2, 0.25) is 0 Å². The van der Waals surface area contributed by atoms with E-state index in [1.54, 1.807) is 0 Å². The van der Waals surface area contributed by atoms with E-state index in [0.717, 1.165) is 10.0 Å². The highest BCUT2D eigenvalue weighted by atomic mass is 79.9. The van der Waals surface area contributed by atoms with Gasteiger partial charge in [0, 0.05) is 16.1 Å². The third kappa shape index (κ3) is 3.76. The van der Waals surface area contributed by atoms with Crippen molar-refractivity contribution in [2.75, 3.05) is 0 Å². The molecule has 0 radical (unpaired) electrons. The van der Waals surface area contributed by atoms with E-state index in [9.17, 15) is 8.42 Å². The molecule has 1 aromatic heterocycles. The summed E-state index contributed by atoms with van der Waals surface area (Å²) < 4.78 is 28.5. The van der Waals surface area contributed by atoms with Crippen molar-refractivity contribution >= 4 is 26.0 Å². The average Bonchev–Trinajstić information content (AvgIpc) is 2.37. The van der Waals surface area contributed by atoms with Crippen LogP contribution in [0.25, 0.3) is 0 Å². The molecule has 0 fully saturated rings. The van der Waals surface area contributed by atoms with Crippen molar-refractivity contribution < 1.29 is 13.2 Å². The minimum Gasteiger partial charge on any atom is -0.473 e. The van der Waals surface area contributed by atoms with Crippen LogP contribution in [0.15, 0.2) is 52.0 Å². The smallest absolute Gasteiger partial charge is 0.239 e. The van der Waals surface area contributed by atoms with E-state index >= 15 is 0 Å². The quantitative estimate of drug-likeness (QED) is 0.921. The monoisotopic (exact) mass is 342 g/mol. The first kappa shape index (κ1) is 14.0. The Balaban J connectivity index is 2.07. The highest BCUT2D eigenvalue weighted by molar-refractivity contribution is 9.10. The maximum Gasteiger partial charge on any atom is 0.239 e. The molecule has 2 N–H and O–H groups in total. The predicted octanol–water partition coefficient (Wildman–Crippen LogP) is 2.07. The first-order chi connectivity index (χ1) is 8.97. The van der Waals surface area contributed by atoms with Crippen LogP contribution < -0.4 is 9.88 Å². The van der Waals surface area contributed by atoms with E-state index in [1.807, 2.05) is 24.3 Å². The summed E-state index contributed by atoms with van der Waals surface area (Å²) in [5.41, 5.74) is 0.972. The van der Waals surface area contributed by atoms with Crippen LogP contribution in [0, 0.1) is 0 Å². The fourth-order valence-electron chi connectivity index (χ4n) is 1.39. The third-order valence-electron chi connectivity index (χ3n) is 2.37. The second-order valence-corrected chi connectivity index (χ2v) is 6.17. The Morgan fingerprint density at radius 1 is 1.21 bits per heavy atom. The summed E-state index contributed by atoms with van der Waals surface area (Å²) in [6.07, 6.45) is 1.17. The molecule has 2 aromatic rings. The van der Waals surface area contributed by atoms with Crippen LogP contribution in [0.4, 0.5) is 0 Å². The fraction of sp³-hybridized carbons (Fsp3) is 0.0833. The van der Waals surface area contributed by atoms with Gasteiger partial charge in [0.15, 0.2) is 0 Å². The van der Waals surface area contributed by atoms with Gasteiger partial charge < -0.3 is 4.74 Å². The molecule has 0 amide bonds. The van der Waals surface area contributed by atoms with Gasteiger partial charge in [-0.15, -0.1) is 0 Å². The molecule has 0 unspecified atom stereocenters. The van der Waals surface area contributed by atoms with E-state index in [4.69, 9.17) is 9.88 Å². The number of benzene rings is 1. The summed E-state index contributed by atoms with van der Waals surface area (Å²) in [7, 11) is -3.72. The number of hydrogen-bond donors (Lipinski definition) is 1. The summed E-state index contributed by atoms with van der Waals surface area (Å²) in [5, 5.41) is 4.98. The number of hydrogen-bond acceptors (Lipinski definition) is 4. The lowest BCUT2D eigenvalue weighted by molar-refractivity contribution is 0.293. The maximum absolute atomic E-state index is 11.1. The van der Waals surface area contributed by atoms with E-state index in [0.29, 0.717) is 12.5 Å². The van der Waals surface area contributed by atoms with E-state index in [2.05, 4.69) is 20.9 Å². The molecule has 0 saturated carbocycles. The summed E-state index contributed by atoms with van der Waals surface area (Å²) >= 11 is 3.41. The van der Waals surface area contributed by atoms with Gasteiger partial charge in [0.2, 0.25) is 15.9 Å². The zero-order chi connectivity index (χ0) is 13.9. The van der Waals surface area contributed by atoms with Crippen LogP contribution in [-0.4, -0.2) is 13.4 Å². The van der Waals surface area contributed by atoms with Crippen LogP contribution in [0.5, 0.6) is 5.88 Å². The Bertz CT molecular complexity index is 672. The number of primary sulfonamides is 1. The number of rotatable bonds is 4. The van der Waals surface area contributed by atoms with Gasteiger partial charge in [-0.25, -0.2) is 18.5 Å². The highest BCUT2D eigenvalue weighted by Gasteiger charge is 2.08. The molecule has 2 rings (SSSR count). The van der Waals surface area contributed by atoms with Crippen molar-refractivity contribution in [2.24, 2.45) is 5.14 Å². The van der Waals surface area contributed by atoms with Crippen molar-refractivity contribution in [2.45, 2.75) is 11.5 Å². The number of aromatic nitrogens is 1. The van der Waals surface area contributed by atoms with Gasteiger partial charge in [0.25, 0.3) is 0 Å². The zero-order valence-corrected chi connectivity index (χ0v) is 12.2. The van der Waals surface area contributed by atoms with Gasteiger partial charge in [-0.3, -0.25) is 0 Å². The molecule has 0 saturated heterocycles. The molecule has 0 bridgehead atoms. The van der Waals surface area contributed by atoms with Gasteiger partial charge >= 0.3 is 0 Å².